The average Bonchev–Trinajstić information content (AvgIpc) is 2.77. The van der Waals surface area contributed by atoms with Gasteiger partial charge in [0.1, 0.15) is 23.4 Å². The number of hydrogen-bond donors (Lipinski definition) is 0. The number of likely N-dealkylation sites (tertiary alicyclic amines) is 1. The average molecular weight is 384 g/mol. The van der Waals surface area contributed by atoms with E-state index in [9.17, 15) is 0 Å². The standard InChI is InChI=1S/C24H33NO3/c1-3-24(28-23-14-12-21(26-2)13-15-23)20-8-10-22(11-9-20)27-19-7-18-25-16-5-4-6-17-25/h8-15,24H,3-7,16-19H2,1-2H3. The maximum atomic E-state index is 6.15. The number of rotatable bonds is 10. The Morgan fingerprint density at radius 1 is 0.857 bits per heavy atom. The molecule has 0 aromatic heterocycles. The molecule has 1 fully saturated rings. The molecule has 0 aliphatic carbocycles. The van der Waals surface area contributed by atoms with Gasteiger partial charge < -0.3 is 19.1 Å². The fraction of sp³-hybridized carbons (Fsp3) is 0.500. The molecule has 3 rings (SSSR count). The van der Waals surface area contributed by atoms with Crippen LogP contribution in [0, 0.1) is 0 Å². The molecular formula is C24H33NO3. The second-order valence-electron chi connectivity index (χ2n) is 7.36. The van der Waals surface area contributed by atoms with E-state index in [-0.39, 0.29) is 6.10 Å². The van der Waals surface area contributed by atoms with Gasteiger partial charge in [-0.2, -0.15) is 0 Å². The topological polar surface area (TPSA) is 30.9 Å². The first kappa shape index (κ1) is 20.5. The number of hydrogen-bond acceptors (Lipinski definition) is 4. The Bertz CT molecular complexity index is 678. The molecule has 1 atom stereocenters. The zero-order valence-corrected chi connectivity index (χ0v) is 17.2. The van der Waals surface area contributed by atoms with Gasteiger partial charge in [0.25, 0.3) is 0 Å². The smallest absolute Gasteiger partial charge is 0.123 e. The van der Waals surface area contributed by atoms with E-state index in [0.29, 0.717) is 0 Å². The highest BCUT2D eigenvalue weighted by molar-refractivity contribution is 5.33. The molecule has 0 spiro atoms. The lowest BCUT2D eigenvalue weighted by atomic mass is 10.1. The van der Waals surface area contributed by atoms with Crippen LogP contribution in [0.2, 0.25) is 0 Å². The van der Waals surface area contributed by atoms with Crippen LogP contribution in [0.25, 0.3) is 0 Å². The monoisotopic (exact) mass is 383 g/mol. The third-order valence-corrected chi connectivity index (χ3v) is 5.30. The van der Waals surface area contributed by atoms with Crippen LogP contribution in [0.1, 0.15) is 50.7 Å². The van der Waals surface area contributed by atoms with E-state index in [1.807, 2.05) is 24.3 Å². The van der Waals surface area contributed by atoms with E-state index in [2.05, 4.69) is 36.1 Å². The normalized spacial score (nSPS) is 15.8. The van der Waals surface area contributed by atoms with Crippen molar-refractivity contribution in [1.82, 2.24) is 4.90 Å². The summed E-state index contributed by atoms with van der Waals surface area (Å²) in [6.45, 7) is 6.56. The Morgan fingerprint density at radius 2 is 1.50 bits per heavy atom. The minimum atomic E-state index is 0.0292. The lowest BCUT2D eigenvalue weighted by Gasteiger charge is -2.26. The Morgan fingerprint density at radius 3 is 2.14 bits per heavy atom. The number of methoxy groups -OCH3 is 1. The molecule has 2 aromatic carbocycles. The van der Waals surface area contributed by atoms with Crippen molar-refractivity contribution in [2.24, 2.45) is 0 Å². The van der Waals surface area contributed by atoms with Crippen molar-refractivity contribution >= 4 is 0 Å². The summed E-state index contributed by atoms with van der Waals surface area (Å²) >= 11 is 0. The van der Waals surface area contributed by atoms with E-state index in [4.69, 9.17) is 14.2 Å². The lowest BCUT2D eigenvalue weighted by Crippen LogP contribution is -2.31. The Labute approximate surface area is 169 Å². The van der Waals surface area contributed by atoms with Crippen LogP contribution in [-0.4, -0.2) is 38.3 Å². The van der Waals surface area contributed by atoms with Gasteiger partial charge in [0.15, 0.2) is 0 Å². The molecule has 0 amide bonds. The second-order valence-corrected chi connectivity index (χ2v) is 7.36. The van der Waals surface area contributed by atoms with E-state index < -0.39 is 0 Å². The van der Waals surface area contributed by atoms with Gasteiger partial charge in [0.05, 0.1) is 13.7 Å². The highest BCUT2D eigenvalue weighted by Crippen LogP contribution is 2.27. The lowest BCUT2D eigenvalue weighted by molar-refractivity contribution is 0.200. The van der Waals surface area contributed by atoms with Crippen LogP contribution >= 0.6 is 0 Å². The molecule has 0 radical (unpaired) electrons. The van der Waals surface area contributed by atoms with Gasteiger partial charge in [-0.1, -0.05) is 25.5 Å². The predicted molar refractivity (Wildman–Crippen MR) is 113 cm³/mol. The predicted octanol–water partition coefficient (Wildman–Crippen LogP) is 5.48. The Hall–Kier alpha value is -2.20. The van der Waals surface area contributed by atoms with Crippen molar-refractivity contribution in [3.8, 4) is 17.2 Å². The molecule has 0 bridgehead atoms. The van der Waals surface area contributed by atoms with E-state index in [0.717, 1.165) is 43.2 Å². The van der Waals surface area contributed by atoms with Crippen molar-refractivity contribution < 1.29 is 14.2 Å². The number of benzene rings is 2. The van der Waals surface area contributed by atoms with Crippen LogP contribution in [0.5, 0.6) is 17.2 Å². The van der Waals surface area contributed by atoms with Gasteiger partial charge in [0.2, 0.25) is 0 Å². The number of ether oxygens (including phenoxy) is 3. The summed E-state index contributed by atoms with van der Waals surface area (Å²) in [6.07, 6.45) is 6.10. The summed E-state index contributed by atoms with van der Waals surface area (Å²) < 4.78 is 17.3. The second kappa shape index (κ2) is 11.0. The molecule has 1 aliphatic heterocycles. The Kier molecular flexibility index (Phi) is 8.04. The molecule has 4 heteroatoms. The zero-order valence-electron chi connectivity index (χ0n) is 17.2. The molecular weight excluding hydrogens is 350 g/mol. The SMILES string of the molecule is CCC(Oc1ccc(OC)cc1)c1ccc(OCCCN2CCCCC2)cc1. The van der Waals surface area contributed by atoms with Crippen LogP contribution in [-0.2, 0) is 0 Å². The van der Waals surface area contributed by atoms with Crippen LogP contribution in [0.3, 0.4) is 0 Å². The summed E-state index contributed by atoms with van der Waals surface area (Å²) in [5, 5.41) is 0. The number of nitrogens with zero attached hydrogens (tertiary/aromatic N) is 1. The molecule has 4 nitrogen and oxygen atoms in total. The van der Waals surface area contributed by atoms with Crippen molar-refractivity contribution in [3.05, 3.63) is 54.1 Å². The fourth-order valence-electron chi connectivity index (χ4n) is 3.65. The Balaban J connectivity index is 1.46. The van der Waals surface area contributed by atoms with Gasteiger partial charge in [-0.25, -0.2) is 0 Å². The third kappa shape index (κ3) is 6.16. The summed E-state index contributed by atoms with van der Waals surface area (Å²) in [7, 11) is 1.67. The first-order valence-corrected chi connectivity index (χ1v) is 10.5. The summed E-state index contributed by atoms with van der Waals surface area (Å²) in [5.41, 5.74) is 1.17. The van der Waals surface area contributed by atoms with Crippen molar-refractivity contribution in [2.75, 3.05) is 33.4 Å². The molecule has 0 N–H and O–H groups in total. The molecule has 1 heterocycles. The first-order chi connectivity index (χ1) is 13.8. The van der Waals surface area contributed by atoms with E-state index >= 15 is 0 Å². The van der Waals surface area contributed by atoms with Gasteiger partial charge in [0, 0.05) is 6.54 Å². The minimum absolute atomic E-state index is 0.0292. The summed E-state index contributed by atoms with van der Waals surface area (Å²) in [6, 6.07) is 16.1. The summed E-state index contributed by atoms with van der Waals surface area (Å²) in [4.78, 5) is 2.55. The van der Waals surface area contributed by atoms with E-state index in [1.165, 1.54) is 37.9 Å². The highest BCUT2D eigenvalue weighted by atomic mass is 16.5. The zero-order chi connectivity index (χ0) is 19.6. The molecule has 152 valence electrons. The third-order valence-electron chi connectivity index (χ3n) is 5.30. The van der Waals surface area contributed by atoms with E-state index in [1.54, 1.807) is 7.11 Å². The van der Waals surface area contributed by atoms with Crippen LogP contribution in [0.4, 0.5) is 0 Å². The van der Waals surface area contributed by atoms with Gasteiger partial charge >= 0.3 is 0 Å². The van der Waals surface area contributed by atoms with Crippen molar-refractivity contribution in [2.45, 2.75) is 45.1 Å². The van der Waals surface area contributed by atoms with Gasteiger partial charge in [-0.15, -0.1) is 0 Å². The fourth-order valence-corrected chi connectivity index (χ4v) is 3.65. The molecule has 1 unspecified atom stereocenters. The van der Waals surface area contributed by atoms with Crippen LogP contribution in [0.15, 0.2) is 48.5 Å². The van der Waals surface area contributed by atoms with Crippen molar-refractivity contribution in [1.29, 1.82) is 0 Å². The maximum absolute atomic E-state index is 6.15. The minimum Gasteiger partial charge on any atom is -0.497 e. The quantitative estimate of drug-likeness (QED) is 0.508. The summed E-state index contributed by atoms with van der Waals surface area (Å²) in [5.74, 6) is 2.62. The molecule has 0 saturated carbocycles. The van der Waals surface area contributed by atoms with Gasteiger partial charge in [-0.3, -0.25) is 0 Å². The van der Waals surface area contributed by atoms with Crippen LogP contribution < -0.4 is 14.2 Å². The largest absolute Gasteiger partial charge is 0.497 e. The molecule has 28 heavy (non-hydrogen) atoms. The number of piperidine rings is 1. The molecule has 1 aliphatic rings. The maximum Gasteiger partial charge on any atom is 0.123 e. The molecule has 1 saturated heterocycles. The van der Waals surface area contributed by atoms with Crippen molar-refractivity contribution in [3.63, 3.8) is 0 Å². The first-order valence-electron chi connectivity index (χ1n) is 10.5. The molecule has 2 aromatic rings. The van der Waals surface area contributed by atoms with Gasteiger partial charge in [-0.05, 0) is 80.7 Å². The highest BCUT2D eigenvalue weighted by Gasteiger charge is 2.12.